The van der Waals surface area contributed by atoms with E-state index in [1.165, 1.54) is 0 Å². The molecule has 1 aliphatic heterocycles. The molecular formula is C18H24N8O. The molecule has 0 unspecified atom stereocenters. The Morgan fingerprint density at radius 2 is 2.11 bits per heavy atom. The molecule has 0 bridgehead atoms. The van der Waals surface area contributed by atoms with Gasteiger partial charge in [-0.25, -0.2) is 14.6 Å². The third kappa shape index (κ3) is 3.13. The minimum absolute atomic E-state index is 0.147. The Morgan fingerprint density at radius 1 is 1.30 bits per heavy atom. The Hall–Kier alpha value is -2.97. The molecule has 3 N–H and O–H groups in total. The molecule has 9 heteroatoms. The van der Waals surface area contributed by atoms with Crippen LogP contribution in [0, 0.1) is 5.92 Å². The third-order valence-corrected chi connectivity index (χ3v) is 4.99. The van der Waals surface area contributed by atoms with E-state index < -0.39 is 5.91 Å². The average molecular weight is 368 g/mol. The molecule has 27 heavy (non-hydrogen) atoms. The van der Waals surface area contributed by atoms with E-state index in [4.69, 9.17) is 5.73 Å². The molecule has 4 rings (SSSR count). The molecule has 9 nitrogen and oxygen atoms in total. The van der Waals surface area contributed by atoms with E-state index in [1.54, 1.807) is 12.5 Å². The summed E-state index contributed by atoms with van der Waals surface area (Å²) in [5.74, 6) is 0.771. The lowest BCUT2D eigenvalue weighted by Crippen LogP contribution is -2.28. The van der Waals surface area contributed by atoms with Crippen LogP contribution in [0.2, 0.25) is 0 Å². The van der Waals surface area contributed by atoms with Gasteiger partial charge in [0.05, 0.1) is 34.6 Å². The maximum atomic E-state index is 11.5. The Morgan fingerprint density at radius 3 is 2.85 bits per heavy atom. The lowest BCUT2D eigenvalue weighted by molar-refractivity contribution is 0.0998. The first-order valence-corrected chi connectivity index (χ1v) is 9.12. The number of aromatic nitrogens is 6. The average Bonchev–Trinajstić information content (AvgIpc) is 3.23. The highest BCUT2D eigenvalue weighted by molar-refractivity contribution is 5.93. The summed E-state index contributed by atoms with van der Waals surface area (Å²) in [5.41, 5.74) is 7.56. The van der Waals surface area contributed by atoms with Crippen LogP contribution in [0.15, 0.2) is 18.7 Å². The topological polar surface area (TPSA) is 117 Å². The van der Waals surface area contributed by atoms with Crippen LogP contribution in [0.4, 0.5) is 5.82 Å². The molecule has 0 radical (unpaired) electrons. The number of hydrogen-bond donors (Lipinski definition) is 2. The highest BCUT2D eigenvalue weighted by atomic mass is 16.1. The van der Waals surface area contributed by atoms with E-state index >= 15 is 0 Å². The molecule has 0 aromatic carbocycles. The van der Waals surface area contributed by atoms with Crippen molar-refractivity contribution in [1.82, 2.24) is 29.5 Å². The Bertz CT molecular complexity index is 997. The Labute approximate surface area is 157 Å². The summed E-state index contributed by atoms with van der Waals surface area (Å²) >= 11 is 0. The van der Waals surface area contributed by atoms with Crippen molar-refractivity contribution in [3.8, 4) is 0 Å². The predicted octanol–water partition coefficient (Wildman–Crippen LogP) is 1.55. The Kier molecular flexibility index (Phi) is 4.09. The van der Waals surface area contributed by atoms with Crippen molar-refractivity contribution >= 4 is 22.8 Å². The molecule has 1 atom stereocenters. The van der Waals surface area contributed by atoms with Gasteiger partial charge in [-0.15, -0.1) is 0 Å². The van der Waals surface area contributed by atoms with E-state index in [2.05, 4.69) is 46.3 Å². The third-order valence-electron chi connectivity index (χ3n) is 4.99. The number of carbonyl (C=O) groups is 1. The second kappa shape index (κ2) is 6.33. The smallest absolute Gasteiger partial charge is 0.252 e. The highest BCUT2D eigenvalue weighted by Gasteiger charge is 2.24. The van der Waals surface area contributed by atoms with Crippen molar-refractivity contribution in [2.45, 2.75) is 45.7 Å². The number of anilines is 1. The first-order valence-electron chi connectivity index (χ1n) is 9.12. The standard InChI is InChI=1S/C18H24N8O/c1-18(2,3)26-17-13(8-24-26)16(21-10-22-17)20-6-11-4-5-14-12(15(19)27)7-23-25(14)9-11/h7-8,10-11H,4-6,9H2,1-3H3,(H2,19,27)(H,20,21,22)/t11-/m1/s1. The van der Waals surface area contributed by atoms with Gasteiger partial charge in [0.1, 0.15) is 12.1 Å². The van der Waals surface area contributed by atoms with E-state index in [1.807, 2.05) is 15.6 Å². The number of fused-ring (bicyclic) bond motifs is 2. The predicted molar refractivity (Wildman–Crippen MR) is 101 cm³/mol. The van der Waals surface area contributed by atoms with Gasteiger partial charge in [-0.1, -0.05) is 0 Å². The van der Waals surface area contributed by atoms with E-state index in [0.717, 1.165) is 48.5 Å². The zero-order valence-corrected chi connectivity index (χ0v) is 15.8. The molecule has 0 fully saturated rings. The number of nitrogens with two attached hydrogens (primary N) is 1. The van der Waals surface area contributed by atoms with E-state index in [-0.39, 0.29) is 5.54 Å². The molecular weight excluding hydrogens is 344 g/mol. The summed E-state index contributed by atoms with van der Waals surface area (Å²) in [6, 6.07) is 0. The van der Waals surface area contributed by atoms with Gasteiger partial charge in [-0.2, -0.15) is 10.2 Å². The fourth-order valence-electron chi connectivity index (χ4n) is 3.60. The largest absolute Gasteiger partial charge is 0.369 e. The molecule has 0 saturated carbocycles. The fraction of sp³-hybridized carbons (Fsp3) is 0.500. The van der Waals surface area contributed by atoms with Crippen LogP contribution in [0.3, 0.4) is 0 Å². The minimum atomic E-state index is -0.410. The number of nitrogens with one attached hydrogen (secondary N) is 1. The van der Waals surface area contributed by atoms with Crippen LogP contribution in [0.1, 0.15) is 43.2 Å². The highest BCUT2D eigenvalue weighted by Crippen LogP contribution is 2.26. The lowest BCUT2D eigenvalue weighted by Gasteiger charge is -2.24. The summed E-state index contributed by atoms with van der Waals surface area (Å²) in [7, 11) is 0. The summed E-state index contributed by atoms with van der Waals surface area (Å²) in [5, 5.41) is 13.2. The summed E-state index contributed by atoms with van der Waals surface area (Å²) in [6.07, 6.45) is 6.72. The number of hydrogen-bond acceptors (Lipinski definition) is 6. The molecule has 4 heterocycles. The first kappa shape index (κ1) is 17.4. The summed E-state index contributed by atoms with van der Waals surface area (Å²) < 4.78 is 3.81. The van der Waals surface area contributed by atoms with Crippen molar-refractivity contribution in [3.05, 3.63) is 30.0 Å². The number of primary amides is 1. The van der Waals surface area contributed by atoms with Crippen LogP contribution in [-0.4, -0.2) is 42.0 Å². The maximum absolute atomic E-state index is 11.5. The second-order valence-corrected chi connectivity index (χ2v) is 8.02. The van der Waals surface area contributed by atoms with Crippen LogP contribution in [0.25, 0.3) is 11.0 Å². The lowest BCUT2D eigenvalue weighted by atomic mass is 9.96. The van der Waals surface area contributed by atoms with Gasteiger partial charge in [0, 0.05) is 13.1 Å². The first-order chi connectivity index (χ1) is 12.8. The van der Waals surface area contributed by atoms with Crippen LogP contribution in [0.5, 0.6) is 0 Å². The van der Waals surface area contributed by atoms with E-state index in [0.29, 0.717) is 11.5 Å². The number of rotatable bonds is 4. The van der Waals surface area contributed by atoms with Gasteiger partial charge in [-0.3, -0.25) is 9.48 Å². The van der Waals surface area contributed by atoms with Crippen molar-refractivity contribution < 1.29 is 4.79 Å². The van der Waals surface area contributed by atoms with Crippen molar-refractivity contribution in [2.75, 3.05) is 11.9 Å². The molecule has 3 aromatic heterocycles. The van der Waals surface area contributed by atoms with E-state index in [9.17, 15) is 4.79 Å². The minimum Gasteiger partial charge on any atom is -0.369 e. The normalized spacial score (nSPS) is 17.1. The fourth-order valence-corrected chi connectivity index (χ4v) is 3.60. The number of nitrogens with zero attached hydrogens (tertiary/aromatic N) is 6. The van der Waals surface area contributed by atoms with Gasteiger partial charge in [0.15, 0.2) is 5.65 Å². The second-order valence-electron chi connectivity index (χ2n) is 8.02. The van der Waals surface area contributed by atoms with Crippen molar-refractivity contribution in [3.63, 3.8) is 0 Å². The molecule has 1 amide bonds. The van der Waals surface area contributed by atoms with Gasteiger partial charge < -0.3 is 11.1 Å². The molecule has 0 saturated heterocycles. The van der Waals surface area contributed by atoms with Gasteiger partial charge >= 0.3 is 0 Å². The zero-order chi connectivity index (χ0) is 19.2. The molecule has 3 aromatic rings. The van der Waals surface area contributed by atoms with Crippen molar-refractivity contribution in [1.29, 1.82) is 0 Å². The van der Waals surface area contributed by atoms with Gasteiger partial charge in [0.2, 0.25) is 0 Å². The maximum Gasteiger partial charge on any atom is 0.252 e. The molecule has 142 valence electrons. The monoisotopic (exact) mass is 368 g/mol. The Balaban J connectivity index is 1.50. The quantitative estimate of drug-likeness (QED) is 0.722. The number of carbonyl (C=O) groups excluding carboxylic acids is 1. The molecule has 1 aliphatic rings. The van der Waals surface area contributed by atoms with Crippen molar-refractivity contribution in [2.24, 2.45) is 11.7 Å². The molecule has 0 spiro atoms. The summed E-state index contributed by atoms with van der Waals surface area (Å²) in [6.45, 7) is 7.80. The zero-order valence-electron chi connectivity index (χ0n) is 15.8. The number of amides is 1. The van der Waals surface area contributed by atoms with Gasteiger partial charge in [0.25, 0.3) is 5.91 Å². The SMILES string of the molecule is CC(C)(C)n1ncc2c(NC[C@H]3CCc4c(C(N)=O)cnn4C3)ncnc21. The van der Waals surface area contributed by atoms with Gasteiger partial charge in [-0.05, 0) is 39.5 Å². The van der Waals surface area contributed by atoms with Crippen LogP contribution < -0.4 is 11.1 Å². The van der Waals surface area contributed by atoms with Crippen LogP contribution in [-0.2, 0) is 18.5 Å². The summed E-state index contributed by atoms with van der Waals surface area (Å²) in [4.78, 5) is 20.3. The van der Waals surface area contributed by atoms with Crippen LogP contribution >= 0.6 is 0 Å². The molecule has 0 aliphatic carbocycles.